The molecule has 32 heavy (non-hydrogen) atoms. The Hall–Kier alpha value is -3.03. The van der Waals surface area contributed by atoms with Crippen molar-refractivity contribution in [1.29, 1.82) is 0 Å². The molecule has 1 aliphatic heterocycles. The van der Waals surface area contributed by atoms with Crippen LogP contribution >= 0.6 is 0 Å². The van der Waals surface area contributed by atoms with Gasteiger partial charge >= 0.3 is 0 Å². The molecular weight excluding hydrogens is 408 g/mol. The van der Waals surface area contributed by atoms with Crippen LogP contribution in [0.4, 0.5) is 5.69 Å². The second kappa shape index (κ2) is 10.1. The Morgan fingerprint density at radius 2 is 1.84 bits per heavy atom. The normalized spacial score (nSPS) is 14.6. The second-order valence-corrected chi connectivity index (χ2v) is 8.10. The summed E-state index contributed by atoms with van der Waals surface area (Å²) in [7, 11) is 3.53. The first kappa shape index (κ1) is 22.2. The van der Waals surface area contributed by atoms with Gasteiger partial charge in [-0.25, -0.2) is 0 Å². The molecule has 1 saturated heterocycles. The minimum Gasteiger partial charge on any atom is -0.504 e. The minimum absolute atomic E-state index is 0.0640. The zero-order chi connectivity index (χ0) is 22.5. The SMILES string of the molecule is COc1c(O)ccc2c(=O)cc(-c3ccc(N(C)CCCCN4CCOCC4)cc3)oc12. The maximum atomic E-state index is 12.6. The topological polar surface area (TPSA) is 75.4 Å². The Kier molecular flexibility index (Phi) is 6.97. The molecule has 0 bridgehead atoms. The maximum Gasteiger partial charge on any atom is 0.204 e. The number of benzene rings is 2. The molecule has 1 aliphatic rings. The highest BCUT2D eigenvalue weighted by molar-refractivity contribution is 5.86. The summed E-state index contributed by atoms with van der Waals surface area (Å²) in [5.41, 5.74) is 1.97. The molecular formula is C25H30N2O5. The van der Waals surface area contributed by atoms with Gasteiger partial charge in [-0.3, -0.25) is 9.69 Å². The number of hydrogen-bond donors (Lipinski definition) is 1. The Morgan fingerprint density at radius 3 is 2.56 bits per heavy atom. The van der Waals surface area contributed by atoms with Gasteiger partial charge in [-0.05, 0) is 55.8 Å². The lowest BCUT2D eigenvalue weighted by Gasteiger charge is -2.27. The molecule has 170 valence electrons. The predicted octanol–water partition coefficient (Wildman–Crippen LogP) is 3.72. The lowest BCUT2D eigenvalue weighted by Crippen LogP contribution is -2.37. The summed E-state index contributed by atoms with van der Waals surface area (Å²) in [6, 6.07) is 12.4. The Labute approximate surface area is 187 Å². The first-order valence-corrected chi connectivity index (χ1v) is 11.0. The van der Waals surface area contributed by atoms with E-state index in [0.29, 0.717) is 11.1 Å². The van der Waals surface area contributed by atoms with Gasteiger partial charge in [-0.1, -0.05) is 0 Å². The monoisotopic (exact) mass is 438 g/mol. The van der Waals surface area contributed by atoms with Gasteiger partial charge in [0.05, 0.1) is 25.7 Å². The van der Waals surface area contributed by atoms with Crippen molar-refractivity contribution >= 4 is 16.7 Å². The molecule has 7 heteroatoms. The minimum atomic E-state index is -0.180. The standard InChI is InChI=1S/C25H30N2O5/c1-26(11-3-4-12-27-13-15-31-16-14-27)19-7-5-18(6-8-19)23-17-22(29)20-9-10-21(28)25(30-2)24(20)32-23/h5-10,17,28H,3-4,11-16H2,1-2H3. The van der Waals surface area contributed by atoms with E-state index in [1.807, 2.05) is 24.3 Å². The van der Waals surface area contributed by atoms with Gasteiger partial charge in [0.2, 0.25) is 5.75 Å². The first-order chi connectivity index (χ1) is 15.6. The second-order valence-electron chi connectivity index (χ2n) is 8.10. The van der Waals surface area contributed by atoms with Crippen molar-refractivity contribution < 1.29 is 19.0 Å². The van der Waals surface area contributed by atoms with Gasteiger partial charge in [0.1, 0.15) is 5.76 Å². The largest absolute Gasteiger partial charge is 0.504 e. The molecule has 0 amide bonds. The van der Waals surface area contributed by atoms with Gasteiger partial charge in [-0.2, -0.15) is 0 Å². The van der Waals surface area contributed by atoms with Crippen LogP contribution in [0, 0.1) is 0 Å². The summed E-state index contributed by atoms with van der Waals surface area (Å²) in [4.78, 5) is 17.3. The van der Waals surface area contributed by atoms with Gasteiger partial charge < -0.3 is 23.9 Å². The fraction of sp³-hybridized carbons (Fsp3) is 0.400. The smallest absolute Gasteiger partial charge is 0.204 e. The lowest BCUT2D eigenvalue weighted by atomic mass is 10.1. The van der Waals surface area contributed by atoms with E-state index in [-0.39, 0.29) is 22.5 Å². The fourth-order valence-corrected chi connectivity index (χ4v) is 4.04. The molecule has 0 unspecified atom stereocenters. The van der Waals surface area contributed by atoms with Crippen LogP contribution in [0.5, 0.6) is 11.5 Å². The number of methoxy groups -OCH3 is 1. The van der Waals surface area contributed by atoms with Crippen molar-refractivity contribution in [2.75, 3.05) is 58.5 Å². The third kappa shape index (κ3) is 4.89. The quantitative estimate of drug-likeness (QED) is 0.537. The highest BCUT2D eigenvalue weighted by Gasteiger charge is 2.15. The number of anilines is 1. The zero-order valence-corrected chi connectivity index (χ0v) is 18.7. The van der Waals surface area contributed by atoms with Gasteiger partial charge in [0.25, 0.3) is 0 Å². The molecule has 1 fully saturated rings. The number of hydrogen-bond acceptors (Lipinski definition) is 7. The van der Waals surface area contributed by atoms with E-state index in [4.69, 9.17) is 13.9 Å². The Balaban J connectivity index is 1.42. The van der Waals surface area contributed by atoms with E-state index in [2.05, 4.69) is 16.8 Å². The van der Waals surface area contributed by atoms with E-state index in [0.717, 1.165) is 57.1 Å². The van der Waals surface area contributed by atoms with Crippen LogP contribution < -0.4 is 15.1 Å². The third-order valence-corrected chi connectivity index (χ3v) is 5.95. The van der Waals surface area contributed by atoms with Crippen molar-refractivity contribution in [2.45, 2.75) is 12.8 Å². The third-order valence-electron chi connectivity index (χ3n) is 5.95. The molecule has 0 radical (unpaired) electrons. The predicted molar refractivity (Wildman–Crippen MR) is 126 cm³/mol. The Bertz CT molecular complexity index is 1100. The molecule has 0 spiro atoms. The number of nitrogens with zero attached hydrogens (tertiary/aromatic N) is 2. The van der Waals surface area contributed by atoms with Gasteiger partial charge in [0.15, 0.2) is 16.8 Å². The summed E-state index contributed by atoms with van der Waals surface area (Å²) >= 11 is 0. The van der Waals surface area contributed by atoms with Crippen molar-refractivity contribution in [2.24, 2.45) is 0 Å². The van der Waals surface area contributed by atoms with E-state index >= 15 is 0 Å². The van der Waals surface area contributed by atoms with Crippen molar-refractivity contribution in [3.05, 3.63) is 52.7 Å². The molecule has 0 atom stereocenters. The molecule has 0 saturated carbocycles. The molecule has 2 heterocycles. The summed E-state index contributed by atoms with van der Waals surface area (Å²) in [5, 5.41) is 10.4. The highest BCUT2D eigenvalue weighted by atomic mass is 16.5. The summed E-state index contributed by atoms with van der Waals surface area (Å²) in [6.45, 7) is 5.86. The van der Waals surface area contributed by atoms with Gasteiger partial charge in [0, 0.05) is 44.0 Å². The number of fused-ring (bicyclic) bond motifs is 1. The number of phenols is 1. The maximum absolute atomic E-state index is 12.6. The summed E-state index contributed by atoms with van der Waals surface area (Å²) in [5.74, 6) is 0.534. The first-order valence-electron chi connectivity index (χ1n) is 11.0. The average Bonchev–Trinajstić information content (AvgIpc) is 2.82. The molecule has 7 nitrogen and oxygen atoms in total. The molecule has 1 N–H and O–H groups in total. The zero-order valence-electron chi connectivity index (χ0n) is 18.7. The number of ether oxygens (including phenoxy) is 2. The molecule has 1 aromatic heterocycles. The highest BCUT2D eigenvalue weighted by Crippen LogP contribution is 2.35. The van der Waals surface area contributed by atoms with Crippen LogP contribution in [0.25, 0.3) is 22.3 Å². The van der Waals surface area contributed by atoms with E-state index in [9.17, 15) is 9.90 Å². The molecule has 3 aromatic rings. The number of aromatic hydroxyl groups is 1. The summed E-state index contributed by atoms with van der Waals surface area (Å²) < 4.78 is 16.6. The van der Waals surface area contributed by atoms with Crippen LogP contribution in [0.1, 0.15) is 12.8 Å². The number of unbranched alkanes of at least 4 members (excludes halogenated alkanes) is 1. The number of phenolic OH excluding ortho intramolecular Hbond substituents is 1. The Morgan fingerprint density at radius 1 is 1.09 bits per heavy atom. The van der Waals surface area contributed by atoms with E-state index < -0.39 is 0 Å². The summed E-state index contributed by atoms with van der Waals surface area (Å²) in [6.07, 6.45) is 2.29. The number of morpholine rings is 1. The number of rotatable bonds is 8. The van der Waals surface area contributed by atoms with Crippen LogP contribution in [0.3, 0.4) is 0 Å². The molecule has 4 rings (SSSR count). The van der Waals surface area contributed by atoms with E-state index in [1.165, 1.54) is 25.7 Å². The van der Waals surface area contributed by atoms with Crippen molar-refractivity contribution in [1.82, 2.24) is 4.90 Å². The molecule has 2 aromatic carbocycles. The van der Waals surface area contributed by atoms with Crippen LogP contribution in [-0.2, 0) is 4.74 Å². The average molecular weight is 439 g/mol. The fourth-order valence-electron chi connectivity index (χ4n) is 4.04. The van der Waals surface area contributed by atoms with Crippen molar-refractivity contribution in [3.63, 3.8) is 0 Å². The molecule has 0 aliphatic carbocycles. The van der Waals surface area contributed by atoms with Crippen LogP contribution in [0.15, 0.2) is 51.7 Å². The van der Waals surface area contributed by atoms with Crippen LogP contribution in [-0.4, -0.2) is 63.6 Å². The lowest BCUT2D eigenvalue weighted by molar-refractivity contribution is 0.0372. The van der Waals surface area contributed by atoms with Crippen molar-refractivity contribution in [3.8, 4) is 22.8 Å². The van der Waals surface area contributed by atoms with E-state index in [1.54, 1.807) is 6.07 Å². The van der Waals surface area contributed by atoms with Crippen LogP contribution in [0.2, 0.25) is 0 Å². The van der Waals surface area contributed by atoms with Gasteiger partial charge in [-0.15, -0.1) is 0 Å².